The number of H-pyrrole nitrogens is 2. The van der Waals surface area contributed by atoms with Crippen molar-refractivity contribution >= 4 is 33.5 Å². The van der Waals surface area contributed by atoms with Crippen LogP contribution in [0, 0.1) is 27.7 Å². The van der Waals surface area contributed by atoms with Crippen molar-refractivity contribution in [2.24, 2.45) is 0 Å². The number of rotatable bonds is 5. The lowest BCUT2D eigenvalue weighted by molar-refractivity contribution is 0.0313. The molecule has 0 fully saturated rings. The summed E-state index contributed by atoms with van der Waals surface area (Å²) in [6.07, 6.45) is -0.781. The summed E-state index contributed by atoms with van der Waals surface area (Å²) < 4.78 is 10.5. The number of nitrogens with one attached hydrogen (secondary N) is 2. The fourth-order valence-electron chi connectivity index (χ4n) is 3.20. The summed E-state index contributed by atoms with van der Waals surface area (Å²) in [5, 5.41) is 0.560. The number of thiophene rings is 1. The molecule has 0 aromatic carbocycles. The van der Waals surface area contributed by atoms with Gasteiger partial charge in [-0.25, -0.2) is 14.6 Å². The molecule has 3 rings (SSSR count). The molecule has 0 aliphatic carbocycles. The topological polar surface area (TPSA) is 114 Å². The smallest absolute Gasteiger partial charge is 0.355 e. The number of carbonyl (C=O) groups excluding carboxylic acids is 2. The first-order chi connectivity index (χ1) is 13.6. The van der Waals surface area contributed by atoms with Crippen molar-refractivity contribution in [3.63, 3.8) is 0 Å². The van der Waals surface area contributed by atoms with E-state index < -0.39 is 18.0 Å². The minimum atomic E-state index is -0.781. The summed E-state index contributed by atoms with van der Waals surface area (Å²) >= 11 is 1.43. The first-order valence-electron chi connectivity index (χ1n) is 9.22. The van der Waals surface area contributed by atoms with Crippen LogP contribution >= 0.6 is 11.3 Å². The minimum absolute atomic E-state index is 0.170. The highest BCUT2D eigenvalue weighted by Crippen LogP contribution is 2.27. The molecule has 29 heavy (non-hydrogen) atoms. The van der Waals surface area contributed by atoms with Crippen molar-refractivity contribution in [2.45, 2.75) is 47.6 Å². The number of hydrogen-bond acceptors (Lipinski definition) is 7. The SMILES string of the molecule is CCOC(=O)c1c(C)[nH]c(C(=O)O[C@H](C)c2nc3sc(C)c(C)c3c(=O)[nH]2)c1C. The Hall–Kier alpha value is -2.94. The second-order valence-electron chi connectivity index (χ2n) is 6.81. The maximum absolute atomic E-state index is 12.7. The maximum Gasteiger partial charge on any atom is 0.355 e. The molecule has 3 heterocycles. The summed E-state index contributed by atoms with van der Waals surface area (Å²) in [6, 6.07) is 0. The second kappa shape index (κ2) is 7.82. The van der Waals surface area contributed by atoms with Crippen LogP contribution in [0.4, 0.5) is 0 Å². The fourth-order valence-corrected chi connectivity index (χ4v) is 4.24. The molecule has 0 spiro atoms. The Morgan fingerprint density at radius 2 is 1.79 bits per heavy atom. The quantitative estimate of drug-likeness (QED) is 0.613. The zero-order valence-electron chi connectivity index (χ0n) is 17.2. The van der Waals surface area contributed by atoms with E-state index in [4.69, 9.17) is 9.47 Å². The number of aromatic amines is 2. The van der Waals surface area contributed by atoms with Gasteiger partial charge in [0.25, 0.3) is 5.56 Å². The van der Waals surface area contributed by atoms with E-state index in [0.29, 0.717) is 27.0 Å². The van der Waals surface area contributed by atoms with Crippen molar-refractivity contribution < 1.29 is 19.1 Å². The molecular weight excluding hydrogens is 394 g/mol. The molecule has 1 atom stereocenters. The van der Waals surface area contributed by atoms with E-state index >= 15 is 0 Å². The van der Waals surface area contributed by atoms with Gasteiger partial charge in [0.15, 0.2) is 11.9 Å². The molecule has 0 aliphatic rings. The molecule has 0 amide bonds. The molecule has 0 saturated heterocycles. The van der Waals surface area contributed by atoms with Crippen LogP contribution in [0.25, 0.3) is 10.2 Å². The van der Waals surface area contributed by atoms with E-state index in [1.807, 2.05) is 13.8 Å². The third kappa shape index (κ3) is 3.69. The van der Waals surface area contributed by atoms with Crippen LogP contribution in [0.1, 0.15) is 68.3 Å². The Kier molecular flexibility index (Phi) is 5.61. The number of hydrogen-bond donors (Lipinski definition) is 2. The van der Waals surface area contributed by atoms with Crippen LogP contribution in [0.2, 0.25) is 0 Å². The Balaban J connectivity index is 1.88. The van der Waals surface area contributed by atoms with Crippen molar-refractivity contribution in [1.29, 1.82) is 0 Å². The van der Waals surface area contributed by atoms with Gasteiger partial charge in [-0.05, 0) is 52.7 Å². The number of aryl methyl sites for hydroxylation is 3. The number of fused-ring (bicyclic) bond motifs is 1. The molecule has 2 N–H and O–H groups in total. The summed E-state index contributed by atoms with van der Waals surface area (Å²) in [7, 11) is 0. The van der Waals surface area contributed by atoms with Crippen LogP contribution in [0.3, 0.4) is 0 Å². The van der Waals surface area contributed by atoms with Crippen molar-refractivity contribution in [2.75, 3.05) is 6.61 Å². The average molecular weight is 417 g/mol. The van der Waals surface area contributed by atoms with E-state index in [-0.39, 0.29) is 23.7 Å². The molecule has 3 aromatic rings. The van der Waals surface area contributed by atoms with Crippen molar-refractivity contribution in [3.05, 3.63) is 49.1 Å². The first kappa shape index (κ1) is 20.8. The molecule has 9 heteroatoms. The minimum Gasteiger partial charge on any atom is -0.462 e. The fraction of sp³-hybridized carbons (Fsp3) is 0.400. The number of aromatic nitrogens is 3. The van der Waals surface area contributed by atoms with Gasteiger partial charge in [0.2, 0.25) is 0 Å². The molecule has 0 aliphatic heterocycles. The van der Waals surface area contributed by atoms with Gasteiger partial charge in [-0.2, -0.15) is 0 Å². The van der Waals surface area contributed by atoms with E-state index in [9.17, 15) is 14.4 Å². The maximum atomic E-state index is 12.7. The largest absolute Gasteiger partial charge is 0.462 e. The normalized spacial score (nSPS) is 12.2. The molecule has 3 aromatic heterocycles. The Labute approximate surface area is 171 Å². The standard InChI is InChI=1S/C20H23N3O5S/c1-7-27-19(25)13-9(3)15(21-10(13)4)20(26)28-11(5)16-22-17(24)14-8(2)12(6)29-18(14)23-16/h11,21H,7H2,1-6H3,(H,22,23,24)/t11-/m1/s1. The van der Waals surface area contributed by atoms with Crippen LogP contribution in [0.15, 0.2) is 4.79 Å². The van der Waals surface area contributed by atoms with E-state index in [1.165, 1.54) is 11.3 Å². The van der Waals surface area contributed by atoms with Crippen molar-refractivity contribution in [3.8, 4) is 0 Å². The van der Waals surface area contributed by atoms with Crippen LogP contribution in [-0.2, 0) is 9.47 Å². The second-order valence-corrected chi connectivity index (χ2v) is 8.01. The number of nitrogens with zero attached hydrogens (tertiary/aromatic N) is 1. The Morgan fingerprint density at radius 3 is 2.45 bits per heavy atom. The van der Waals surface area contributed by atoms with Gasteiger partial charge in [-0.15, -0.1) is 11.3 Å². The molecule has 0 bridgehead atoms. The Bertz CT molecular complexity index is 1170. The monoisotopic (exact) mass is 417 g/mol. The molecule has 0 unspecified atom stereocenters. The predicted octanol–water partition coefficient (Wildman–Crippen LogP) is 3.64. The first-order valence-corrected chi connectivity index (χ1v) is 10.0. The molecule has 0 radical (unpaired) electrons. The summed E-state index contributed by atoms with van der Waals surface area (Å²) in [4.78, 5) is 48.9. The number of esters is 2. The average Bonchev–Trinajstić information content (AvgIpc) is 3.10. The highest BCUT2D eigenvalue weighted by molar-refractivity contribution is 7.18. The van der Waals surface area contributed by atoms with Gasteiger partial charge in [0.1, 0.15) is 10.5 Å². The third-order valence-electron chi connectivity index (χ3n) is 4.85. The number of ether oxygens (including phenoxy) is 2. The van der Waals surface area contributed by atoms with Gasteiger partial charge >= 0.3 is 11.9 Å². The lowest BCUT2D eigenvalue weighted by Crippen LogP contribution is -2.18. The van der Waals surface area contributed by atoms with E-state index in [2.05, 4.69) is 15.0 Å². The van der Waals surface area contributed by atoms with Gasteiger partial charge < -0.3 is 19.4 Å². The summed E-state index contributed by atoms with van der Waals surface area (Å²) in [5.74, 6) is -0.871. The molecule has 0 saturated carbocycles. The lowest BCUT2D eigenvalue weighted by atomic mass is 10.1. The van der Waals surface area contributed by atoms with Crippen LogP contribution in [-0.4, -0.2) is 33.5 Å². The highest BCUT2D eigenvalue weighted by atomic mass is 32.1. The summed E-state index contributed by atoms with van der Waals surface area (Å²) in [5.41, 5.74) is 2.12. The van der Waals surface area contributed by atoms with Gasteiger partial charge in [-0.3, -0.25) is 4.79 Å². The van der Waals surface area contributed by atoms with Gasteiger partial charge in [0, 0.05) is 10.6 Å². The third-order valence-corrected chi connectivity index (χ3v) is 5.95. The molecule has 8 nitrogen and oxygen atoms in total. The van der Waals surface area contributed by atoms with Gasteiger partial charge in [-0.1, -0.05) is 0 Å². The zero-order chi connectivity index (χ0) is 21.5. The van der Waals surface area contributed by atoms with E-state index in [1.54, 1.807) is 27.7 Å². The predicted molar refractivity (Wildman–Crippen MR) is 110 cm³/mol. The highest BCUT2D eigenvalue weighted by Gasteiger charge is 2.26. The van der Waals surface area contributed by atoms with Gasteiger partial charge in [0.05, 0.1) is 17.6 Å². The van der Waals surface area contributed by atoms with Crippen molar-refractivity contribution in [1.82, 2.24) is 15.0 Å². The molecular formula is C20H23N3O5S. The Morgan fingerprint density at radius 1 is 1.10 bits per heavy atom. The van der Waals surface area contributed by atoms with Crippen LogP contribution in [0.5, 0.6) is 0 Å². The van der Waals surface area contributed by atoms with Crippen LogP contribution < -0.4 is 5.56 Å². The molecule has 154 valence electrons. The lowest BCUT2D eigenvalue weighted by Gasteiger charge is -2.12. The summed E-state index contributed by atoms with van der Waals surface area (Å²) in [6.45, 7) is 10.7. The zero-order valence-corrected chi connectivity index (χ0v) is 18.0. The number of carbonyl (C=O) groups is 2. The van der Waals surface area contributed by atoms with E-state index in [0.717, 1.165) is 10.4 Å².